The molecule has 0 amide bonds. The molecule has 0 saturated heterocycles. The average molecular weight is 430 g/mol. The Morgan fingerprint density at radius 2 is 1.61 bits per heavy atom. The van der Waals surface area contributed by atoms with Crippen LogP contribution in [0.25, 0.3) is 0 Å². The highest BCUT2D eigenvalue weighted by Crippen LogP contribution is 2.44. The van der Waals surface area contributed by atoms with E-state index in [-0.39, 0.29) is 40.5 Å². The standard InChI is InChI=1S/C22H16F2O7/c23-12-3-11(4-13(24)6-12)22(29)31-20-9-15-17(27)7-14(25)8-19(15)30-21(20)10-1-2-16(26)18(28)5-10/h1-8,20-21,25-28H,9H2/t20-,21-/m1/s1. The van der Waals surface area contributed by atoms with Crippen molar-refractivity contribution in [3.8, 4) is 28.7 Å². The number of carbonyl (C=O) groups excluding carboxylic acids is 1. The topological polar surface area (TPSA) is 116 Å². The van der Waals surface area contributed by atoms with Gasteiger partial charge in [0.15, 0.2) is 17.6 Å². The van der Waals surface area contributed by atoms with Crippen LogP contribution in [0.3, 0.4) is 0 Å². The Kier molecular flexibility index (Phi) is 5.02. The summed E-state index contributed by atoms with van der Waals surface area (Å²) in [5.41, 5.74) is 0.206. The Bertz CT molecular complexity index is 1160. The lowest BCUT2D eigenvalue weighted by Crippen LogP contribution is -2.34. The molecule has 2 atom stereocenters. The van der Waals surface area contributed by atoms with E-state index in [4.69, 9.17) is 9.47 Å². The lowest BCUT2D eigenvalue weighted by atomic mass is 9.93. The van der Waals surface area contributed by atoms with Crippen LogP contribution in [0.4, 0.5) is 8.78 Å². The highest BCUT2D eigenvalue weighted by Gasteiger charge is 2.36. The van der Waals surface area contributed by atoms with Gasteiger partial charge < -0.3 is 29.9 Å². The van der Waals surface area contributed by atoms with E-state index < -0.39 is 35.6 Å². The zero-order valence-corrected chi connectivity index (χ0v) is 15.8. The quantitative estimate of drug-likeness (QED) is 0.370. The zero-order valence-electron chi connectivity index (χ0n) is 15.8. The van der Waals surface area contributed by atoms with Crippen LogP contribution < -0.4 is 4.74 Å². The molecule has 1 aliphatic heterocycles. The van der Waals surface area contributed by atoms with Gasteiger partial charge in [-0.3, -0.25) is 0 Å². The van der Waals surface area contributed by atoms with Gasteiger partial charge in [-0.1, -0.05) is 6.07 Å². The summed E-state index contributed by atoms with van der Waals surface area (Å²) in [7, 11) is 0. The van der Waals surface area contributed by atoms with Crippen molar-refractivity contribution >= 4 is 5.97 Å². The molecule has 0 spiro atoms. The molecule has 0 radical (unpaired) electrons. The van der Waals surface area contributed by atoms with Crippen molar-refractivity contribution in [2.75, 3.05) is 0 Å². The highest BCUT2D eigenvalue weighted by molar-refractivity contribution is 5.89. The average Bonchev–Trinajstić information content (AvgIpc) is 2.69. The molecule has 160 valence electrons. The molecule has 0 aliphatic carbocycles. The summed E-state index contributed by atoms with van der Waals surface area (Å²) < 4.78 is 38.3. The fraction of sp³-hybridized carbons (Fsp3) is 0.136. The molecule has 1 heterocycles. The second-order valence-electron chi connectivity index (χ2n) is 7.03. The first-order valence-corrected chi connectivity index (χ1v) is 9.11. The lowest BCUT2D eigenvalue weighted by Gasteiger charge is -2.34. The normalized spacial score (nSPS) is 17.5. The van der Waals surface area contributed by atoms with Crippen molar-refractivity contribution in [3.63, 3.8) is 0 Å². The van der Waals surface area contributed by atoms with E-state index in [9.17, 15) is 34.0 Å². The summed E-state index contributed by atoms with van der Waals surface area (Å²) in [5, 5.41) is 39.3. The molecule has 4 N–H and O–H groups in total. The molecule has 3 aromatic carbocycles. The van der Waals surface area contributed by atoms with Crippen LogP contribution in [0.2, 0.25) is 0 Å². The van der Waals surface area contributed by atoms with Gasteiger partial charge in [0.2, 0.25) is 0 Å². The number of fused-ring (bicyclic) bond motifs is 1. The minimum atomic E-state index is -1.08. The maximum atomic E-state index is 13.5. The van der Waals surface area contributed by atoms with Crippen molar-refractivity contribution in [2.24, 2.45) is 0 Å². The van der Waals surface area contributed by atoms with Gasteiger partial charge in [-0.05, 0) is 24.3 Å². The molecular weight excluding hydrogens is 414 g/mol. The van der Waals surface area contributed by atoms with Gasteiger partial charge in [0.25, 0.3) is 0 Å². The van der Waals surface area contributed by atoms with Gasteiger partial charge in [0.05, 0.1) is 5.56 Å². The third-order valence-corrected chi connectivity index (χ3v) is 4.85. The summed E-state index contributed by atoms with van der Waals surface area (Å²) >= 11 is 0. The van der Waals surface area contributed by atoms with Crippen LogP contribution in [0.15, 0.2) is 48.5 Å². The number of hydrogen-bond donors (Lipinski definition) is 4. The summed E-state index contributed by atoms with van der Waals surface area (Å²) in [6.07, 6.45) is -2.16. The predicted molar refractivity (Wildman–Crippen MR) is 102 cm³/mol. The van der Waals surface area contributed by atoms with Crippen molar-refractivity contribution < 1.29 is 43.5 Å². The number of phenolic OH excluding ortho intramolecular Hbond substituents is 4. The van der Waals surface area contributed by atoms with Gasteiger partial charge in [0, 0.05) is 35.7 Å². The van der Waals surface area contributed by atoms with E-state index in [1.165, 1.54) is 24.3 Å². The van der Waals surface area contributed by atoms with Crippen molar-refractivity contribution in [3.05, 3.63) is 76.9 Å². The van der Waals surface area contributed by atoms with Crippen molar-refractivity contribution in [1.29, 1.82) is 0 Å². The molecule has 9 heteroatoms. The Balaban J connectivity index is 1.72. The number of halogens is 2. The van der Waals surface area contributed by atoms with Gasteiger partial charge >= 0.3 is 5.97 Å². The number of rotatable bonds is 3. The molecule has 0 bridgehead atoms. The van der Waals surface area contributed by atoms with Gasteiger partial charge in [-0.15, -0.1) is 0 Å². The van der Waals surface area contributed by atoms with E-state index in [0.717, 1.165) is 18.2 Å². The summed E-state index contributed by atoms with van der Waals surface area (Å²) in [6, 6.07) is 8.46. The Morgan fingerprint density at radius 1 is 0.903 bits per heavy atom. The Morgan fingerprint density at radius 3 is 2.29 bits per heavy atom. The molecule has 3 aromatic rings. The van der Waals surface area contributed by atoms with Crippen molar-refractivity contribution in [1.82, 2.24) is 0 Å². The second-order valence-corrected chi connectivity index (χ2v) is 7.03. The Labute approximate surface area is 174 Å². The first-order chi connectivity index (χ1) is 14.7. The smallest absolute Gasteiger partial charge is 0.338 e. The van der Waals surface area contributed by atoms with E-state index in [1.807, 2.05) is 0 Å². The van der Waals surface area contributed by atoms with E-state index in [1.54, 1.807) is 0 Å². The number of ether oxygens (including phenoxy) is 2. The molecule has 7 nitrogen and oxygen atoms in total. The molecule has 0 fully saturated rings. The number of hydrogen-bond acceptors (Lipinski definition) is 7. The van der Waals surface area contributed by atoms with Crippen LogP contribution in [0.1, 0.15) is 27.6 Å². The zero-order chi connectivity index (χ0) is 22.3. The van der Waals surface area contributed by atoms with E-state index in [0.29, 0.717) is 11.6 Å². The monoisotopic (exact) mass is 430 g/mol. The molecule has 0 saturated carbocycles. The van der Waals surface area contributed by atoms with Crippen LogP contribution in [0, 0.1) is 11.6 Å². The number of aromatic hydroxyl groups is 4. The molecule has 0 aromatic heterocycles. The first kappa shape index (κ1) is 20.3. The molecule has 31 heavy (non-hydrogen) atoms. The van der Waals surface area contributed by atoms with Crippen LogP contribution in [-0.4, -0.2) is 32.5 Å². The third-order valence-electron chi connectivity index (χ3n) is 4.85. The predicted octanol–water partition coefficient (Wildman–Crippen LogP) is 3.69. The van der Waals surface area contributed by atoms with Crippen LogP contribution in [0.5, 0.6) is 28.7 Å². The second kappa shape index (κ2) is 7.67. The maximum Gasteiger partial charge on any atom is 0.338 e. The SMILES string of the molecule is O=C(O[C@@H]1Cc2c(O)cc(O)cc2O[C@@H]1c1ccc(O)c(O)c1)c1cc(F)cc(F)c1. The third kappa shape index (κ3) is 4.02. The number of carbonyl (C=O) groups is 1. The van der Waals surface area contributed by atoms with Crippen molar-refractivity contribution in [2.45, 2.75) is 18.6 Å². The minimum Gasteiger partial charge on any atom is -0.508 e. The summed E-state index contributed by atoms with van der Waals surface area (Å²) in [4.78, 5) is 12.6. The first-order valence-electron chi connectivity index (χ1n) is 9.11. The minimum absolute atomic E-state index is 0.0582. The molecule has 0 unspecified atom stereocenters. The van der Waals surface area contributed by atoms with Gasteiger partial charge in [-0.25, -0.2) is 13.6 Å². The molecular formula is C22H16F2O7. The number of benzene rings is 3. The fourth-order valence-electron chi connectivity index (χ4n) is 3.43. The highest BCUT2D eigenvalue weighted by atomic mass is 19.1. The summed E-state index contributed by atoms with van der Waals surface area (Å²) in [6.45, 7) is 0. The summed E-state index contributed by atoms with van der Waals surface area (Å²) in [5.74, 6) is -4.17. The number of phenols is 4. The van der Waals surface area contributed by atoms with Gasteiger partial charge in [0.1, 0.15) is 35.0 Å². The molecule has 1 aliphatic rings. The maximum absolute atomic E-state index is 13.5. The van der Waals surface area contributed by atoms with Crippen LogP contribution in [-0.2, 0) is 11.2 Å². The fourth-order valence-corrected chi connectivity index (χ4v) is 3.43. The lowest BCUT2D eigenvalue weighted by molar-refractivity contribution is -0.0189. The Hall–Kier alpha value is -4.01. The van der Waals surface area contributed by atoms with Crippen LogP contribution >= 0.6 is 0 Å². The van der Waals surface area contributed by atoms with E-state index >= 15 is 0 Å². The van der Waals surface area contributed by atoms with E-state index in [2.05, 4.69) is 0 Å². The largest absolute Gasteiger partial charge is 0.508 e. The number of esters is 1. The molecule has 4 rings (SSSR count). The van der Waals surface area contributed by atoms with Gasteiger partial charge in [-0.2, -0.15) is 0 Å².